The zero-order valence-corrected chi connectivity index (χ0v) is 36.4. The Kier molecular flexibility index (Phi) is 32.5. The molecule has 0 saturated carbocycles. The molecule has 1 heterocycles. The number of unbranched alkanes of at least 4 members (excludes halogenated alkanes) is 13. The summed E-state index contributed by atoms with van der Waals surface area (Å²) >= 11 is 0. The van der Waals surface area contributed by atoms with Gasteiger partial charge in [-0.15, -0.1) is 0 Å². The van der Waals surface area contributed by atoms with Gasteiger partial charge in [0.05, 0.1) is 6.61 Å². The minimum absolute atomic E-state index is 0.108. The van der Waals surface area contributed by atoms with Gasteiger partial charge in [0.1, 0.15) is 36.8 Å². The number of aliphatic hydroxyl groups is 3. The Balaban J connectivity index is 2.51. The van der Waals surface area contributed by atoms with E-state index in [2.05, 4.69) is 62.5 Å². The van der Waals surface area contributed by atoms with Crippen LogP contribution in [0.1, 0.15) is 136 Å². The molecule has 0 bridgehead atoms. The maximum absolute atomic E-state index is 12.8. The highest BCUT2D eigenvalue weighted by Gasteiger charge is 2.46. The lowest BCUT2D eigenvalue weighted by Crippen LogP contribution is -2.60. The third-order valence-electron chi connectivity index (χ3n) is 9.36. The third kappa shape index (κ3) is 30.5. The first-order valence-electron chi connectivity index (χ1n) is 21.7. The maximum Gasteiger partial charge on any atom is 0.306 e. The number of esters is 2. The van der Waals surface area contributed by atoms with Crippen molar-refractivity contribution in [3.05, 3.63) is 85.1 Å². The highest BCUT2D eigenvalue weighted by Crippen LogP contribution is 2.24. The van der Waals surface area contributed by atoms with Gasteiger partial charge in [0.25, 0.3) is 10.1 Å². The fraction of sp³-hybridized carbons (Fsp3) is 0.652. The molecule has 1 rings (SSSR count). The molecular weight excluding hydrogens is 777 g/mol. The molecule has 6 atom stereocenters. The van der Waals surface area contributed by atoms with E-state index in [-0.39, 0.29) is 19.4 Å². The van der Waals surface area contributed by atoms with E-state index in [9.17, 15) is 37.9 Å². The predicted octanol–water partition coefficient (Wildman–Crippen LogP) is 8.50. The number of rotatable bonds is 34. The summed E-state index contributed by atoms with van der Waals surface area (Å²) in [4.78, 5) is 25.3. The molecule has 336 valence electrons. The van der Waals surface area contributed by atoms with Crippen LogP contribution in [0.15, 0.2) is 85.1 Å². The van der Waals surface area contributed by atoms with Crippen LogP contribution in [0.4, 0.5) is 0 Å². The number of carbonyl (C=O) groups is 2. The molecule has 0 aromatic heterocycles. The van der Waals surface area contributed by atoms with E-state index < -0.39 is 71.2 Å². The quantitative estimate of drug-likeness (QED) is 0.0210. The van der Waals surface area contributed by atoms with Crippen LogP contribution in [0, 0.1) is 0 Å². The topological polar surface area (TPSA) is 186 Å². The summed E-state index contributed by atoms with van der Waals surface area (Å²) in [6.07, 6.45) is 36.3. The largest absolute Gasteiger partial charge is 0.462 e. The molecule has 0 radical (unpaired) electrons. The van der Waals surface area contributed by atoms with E-state index in [0.717, 1.165) is 64.2 Å². The fourth-order valence-corrected chi connectivity index (χ4v) is 6.67. The van der Waals surface area contributed by atoms with E-state index in [4.69, 9.17) is 18.9 Å². The van der Waals surface area contributed by atoms with Gasteiger partial charge in [-0.1, -0.05) is 150 Å². The minimum Gasteiger partial charge on any atom is -0.462 e. The Hall–Kier alpha value is -3.17. The molecule has 0 spiro atoms. The van der Waals surface area contributed by atoms with Crippen molar-refractivity contribution in [2.45, 2.75) is 173 Å². The lowest BCUT2D eigenvalue weighted by atomic mass is 10.00. The van der Waals surface area contributed by atoms with Crippen LogP contribution in [0.2, 0.25) is 0 Å². The standard InChI is InChI=1S/C46H74O12S/c1-3-5-7-9-11-13-15-17-18-19-20-21-23-24-26-28-30-32-34-41(47)55-36-39(37-56-46-45(51)44(50)43(49)40(58-46)38-59(52,53)54)57-42(48)35-33-31-29-27-25-22-16-14-12-10-8-6-4-2/h6,8,10,12,14-22,25,39-40,43-46,49-51H,3-5,7,9,11,13,23-24,26-38H2,1-2H3,(H,52,53,54)/b8-6+,12-10+,16-14+,17-15+,19-18+,21-20+,25-22+/t39?,40-,43-,44?,45?,46+/m1/s1. The maximum atomic E-state index is 12.8. The predicted molar refractivity (Wildman–Crippen MR) is 233 cm³/mol. The molecule has 1 fully saturated rings. The molecule has 0 aliphatic carbocycles. The van der Waals surface area contributed by atoms with Crippen LogP contribution in [-0.2, 0) is 38.7 Å². The summed E-state index contributed by atoms with van der Waals surface area (Å²) < 4.78 is 53.9. The molecule has 4 N–H and O–H groups in total. The smallest absolute Gasteiger partial charge is 0.306 e. The summed E-state index contributed by atoms with van der Waals surface area (Å²) in [5.41, 5.74) is 0. The lowest BCUT2D eigenvalue weighted by molar-refractivity contribution is -0.297. The summed E-state index contributed by atoms with van der Waals surface area (Å²) in [5.74, 6) is -2.08. The molecule has 12 nitrogen and oxygen atoms in total. The Bertz CT molecular complexity index is 1410. The number of hydrogen-bond acceptors (Lipinski definition) is 11. The van der Waals surface area contributed by atoms with Gasteiger partial charge in [0.2, 0.25) is 0 Å². The minimum atomic E-state index is -4.61. The second kappa shape index (κ2) is 35.6. The van der Waals surface area contributed by atoms with Crippen LogP contribution in [0.5, 0.6) is 0 Å². The molecule has 13 heteroatoms. The first-order chi connectivity index (χ1) is 28.5. The second-order valence-corrected chi connectivity index (χ2v) is 16.3. The number of aliphatic hydroxyl groups excluding tert-OH is 3. The third-order valence-corrected chi connectivity index (χ3v) is 10.1. The average molecular weight is 851 g/mol. The highest BCUT2D eigenvalue weighted by atomic mass is 32.2. The Labute approximate surface area is 354 Å². The first kappa shape index (κ1) is 53.8. The van der Waals surface area contributed by atoms with E-state index in [1.165, 1.54) is 32.1 Å². The van der Waals surface area contributed by atoms with Gasteiger partial charge in [0, 0.05) is 12.8 Å². The fourth-order valence-electron chi connectivity index (χ4n) is 5.98. The lowest BCUT2D eigenvalue weighted by Gasteiger charge is -2.40. The van der Waals surface area contributed by atoms with Gasteiger partial charge >= 0.3 is 11.9 Å². The van der Waals surface area contributed by atoms with E-state index in [0.29, 0.717) is 12.8 Å². The Morgan fingerprint density at radius 1 is 0.593 bits per heavy atom. The number of allylic oxidation sites excluding steroid dienone is 14. The van der Waals surface area contributed by atoms with Crippen LogP contribution < -0.4 is 0 Å². The number of ether oxygens (including phenoxy) is 4. The summed E-state index contributed by atoms with van der Waals surface area (Å²) in [7, 11) is -4.61. The van der Waals surface area contributed by atoms with Gasteiger partial charge in [-0.2, -0.15) is 8.42 Å². The molecule has 1 aliphatic rings. The monoisotopic (exact) mass is 850 g/mol. The molecule has 1 aliphatic heterocycles. The van der Waals surface area contributed by atoms with Crippen molar-refractivity contribution in [1.29, 1.82) is 0 Å². The van der Waals surface area contributed by atoms with Gasteiger partial charge in [-0.3, -0.25) is 14.1 Å². The molecule has 0 aromatic carbocycles. The van der Waals surface area contributed by atoms with Crippen LogP contribution >= 0.6 is 0 Å². The molecule has 3 unspecified atom stereocenters. The van der Waals surface area contributed by atoms with Crippen molar-refractivity contribution in [1.82, 2.24) is 0 Å². The average Bonchev–Trinajstić information content (AvgIpc) is 3.20. The van der Waals surface area contributed by atoms with Gasteiger partial charge in [-0.05, 0) is 57.8 Å². The highest BCUT2D eigenvalue weighted by molar-refractivity contribution is 7.85. The zero-order valence-electron chi connectivity index (χ0n) is 35.6. The Morgan fingerprint density at radius 3 is 1.61 bits per heavy atom. The van der Waals surface area contributed by atoms with Gasteiger partial charge in [-0.25, -0.2) is 0 Å². The SMILES string of the molecule is CC/C=C/C=C/C=C/C=C/CCCCCC(=O)OC(COC(=O)CCCCCCC/C=C/C=C/C=C/CCCCCCC)CO[C@H]1O[C@H](CS(=O)(=O)O)[C@@H](O)C(O)C1O. The molecular formula is C46H74O12S. The van der Waals surface area contributed by atoms with Crippen molar-refractivity contribution < 1.29 is 56.8 Å². The van der Waals surface area contributed by atoms with E-state index in [1.54, 1.807) is 0 Å². The van der Waals surface area contributed by atoms with Crippen LogP contribution in [-0.4, -0.2) is 96.0 Å². The van der Waals surface area contributed by atoms with Crippen LogP contribution in [0.3, 0.4) is 0 Å². The van der Waals surface area contributed by atoms with E-state index in [1.807, 2.05) is 36.5 Å². The summed E-state index contributed by atoms with van der Waals surface area (Å²) in [6.45, 7) is 3.53. The molecule has 1 saturated heterocycles. The van der Waals surface area contributed by atoms with Crippen molar-refractivity contribution >= 4 is 22.1 Å². The van der Waals surface area contributed by atoms with Crippen molar-refractivity contribution in [2.75, 3.05) is 19.0 Å². The van der Waals surface area contributed by atoms with Crippen LogP contribution in [0.25, 0.3) is 0 Å². The summed E-state index contributed by atoms with van der Waals surface area (Å²) in [5, 5.41) is 30.8. The van der Waals surface area contributed by atoms with Crippen molar-refractivity contribution in [3.8, 4) is 0 Å². The normalized spacial score (nSPS) is 21.1. The summed E-state index contributed by atoms with van der Waals surface area (Å²) in [6, 6.07) is 0. The van der Waals surface area contributed by atoms with Crippen molar-refractivity contribution in [3.63, 3.8) is 0 Å². The number of hydrogen-bond donors (Lipinski definition) is 4. The van der Waals surface area contributed by atoms with Gasteiger partial charge in [0.15, 0.2) is 12.4 Å². The second-order valence-electron chi connectivity index (χ2n) is 14.8. The first-order valence-corrected chi connectivity index (χ1v) is 23.3. The Morgan fingerprint density at radius 2 is 1.07 bits per heavy atom. The van der Waals surface area contributed by atoms with Crippen molar-refractivity contribution in [2.24, 2.45) is 0 Å². The van der Waals surface area contributed by atoms with E-state index >= 15 is 0 Å². The molecule has 0 aromatic rings. The number of carbonyl (C=O) groups excluding carboxylic acids is 2. The van der Waals surface area contributed by atoms with Gasteiger partial charge < -0.3 is 34.3 Å². The zero-order chi connectivity index (χ0) is 43.4. The molecule has 59 heavy (non-hydrogen) atoms. The molecule has 0 amide bonds.